The molecule has 0 aliphatic carbocycles. The number of pyridine rings is 1. The van der Waals surface area contributed by atoms with Gasteiger partial charge in [-0.2, -0.15) is 5.10 Å². The minimum atomic E-state index is 0.453. The van der Waals surface area contributed by atoms with Crippen LogP contribution in [0.2, 0.25) is 0 Å². The highest BCUT2D eigenvalue weighted by molar-refractivity contribution is 7.81. The van der Waals surface area contributed by atoms with Crippen molar-refractivity contribution in [1.29, 1.82) is 0 Å². The summed E-state index contributed by atoms with van der Waals surface area (Å²) in [6.07, 6.45) is 3.67. The number of nitrogens with one attached hydrogen (secondary N) is 2. The maximum absolute atomic E-state index is 5.73. The normalized spacial score (nSPS) is 12.1. The number of rotatable bonds is 7. The van der Waals surface area contributed by atoms with E-state index in [0.717, 1.165) is 56.5 Å². The lowest BCUT2D eigenvalue weighted by Crippen LogP contribution is -2.15. The molecule has 0 saturated carbocycles. The van der Waals surface area contributed by atoms with E-state index in [0.29, 0.717) is 29.9 Å². The van der Waals surface area contributed by atoms with Crippen molar-refractivity contribution >= 4 is 40.0 Å². The predicted octanol–water partition coefficient (Wildman–Crippen LogP) is 6.77. The van der Waals surface area contributed by atoms with Gasteiger partial charge in [-0.3, -0.25) is 0 Å². The van der Waals surface area contributed by atoms with Gasteiger partial charge >= 0.3 is 0 Å². The molecule has 0 amide bonds. The number of methoxy groups -OCH3 is 1. The smallest absolute Gasteiger partial charge is 0.227 e. The fourth-order valence-corrected chi connectivity index (χ4v) is 5.22. The lowest BCUT2D eigenvalue weighted by molar-refractivity contribution is 0.171. The molecule has 2 N–H and O–H groups in total. The fourth-order valence-electron chi connectivity index (χ4n) is 4.97. The third kappa shape index (κ3) is 5.43. The Bertz CT molecular complexity index is 1970. The maximum Gasteiger partial charge on any atom is 0.227 e. The van der Waals surface area contributed by atoms with Gasteiger partial charge in [-0.25, -0.2) is 14.5 Å². The number of thiocarbonyl (C=S) groups is 1. The van der Waals surface area contributed by atoms with Crippen LogP contribution in [0.4, 0.5) is 17.3 Å². The Balaban J connectivity index is 1.23. The van der Waals surface area contributed by atoms with Crippen LogP contribution in [0.5, 0.6) is 17.2 Å². The molecule has 6 aromatic rings. The minimum Gasteiger partial charge on any atom is -0.497 e. The molecule has 0 spiro atoms. The first kappa shape index (κ1) is 26.4. The molecule has 0 unspecified atom stereocenters. The van der Waals surface area contributed by atoms with Crippen molar-refractivity contribution in [2.24, 2.45) is 0 Å². The van der Waals surface area contributed by atoms with Gasteiger partial charge in [0.1, 0.15) is 29.6 Å². The number of hydrogen-bond donors (Lipinski definition) is 2. The zero-order valence-electron chi connectivity index (χ0n) is 23.2. The van der Waals surface area contributed by atoms with E-state index in [1.807, 2.05) is 102 Å². The number of anilines is 3. The fraction of sp³-hybridized carbons (Fsp3) is 0.0909. The molecule has 4 heterocycles. The van der Waals surface area contributed by atoms with Crippen molar-refractivity contribution in [2.45, 2.75) is 0 Å². The highest BCUT2D eigenvalue weighted by atomic mass is 32.1. The number of benzene rings is 3. The molecule has 3 aromatic carbocycles. The lowest BCUT2D eigenvalue weighted by Gasteiger charge is -2.19. The zero-order valence-corrected chi connectivity index (χ0v) is 24.0. The molecule has 1 aliphatic heterocycles. The van der Waals surface area contributed by atoms with Crippen LogP contribution in [0.15, 0.2) is 103 Å². The summed E-state index contributed by atoms with van der Waals surface area (Å²) in [4.78, 5) is 9.96. The Hall–Kier alpha value is -5.48. The molecule has 10 heteroatoms. The summed E-state index contributed by atoms with van der Waals surface area (Å²) in [6, 6.07) is 29.2. The first-order chi connectivity index (χ1) is 21.1. The average molecular weight is 587 g/mol. The second kappa shape index (κ2) is 11.4. The minimum absolute atomic E-state index is 0.453. The van der Waals surface area contributed by atoms with Crippen molar-refractivity contribution in [3.8, 4) is 39.8 Å². The molecule has 0 atom stereocenters. The van der Waals surface area contributed by atoms with Gasteiger partial charge in [0.05, 0.1) is 23.9 Å². The quantitative estimate of drug-likeness (QED) is 0.197. The molecule has 43 heavy (non-hydrogen) atoms. The molecular weight excluding hydrogens is 560 g/mol. The van der Waals surface area contributed by atoms with Crippen LogP contribution in [-0.2, 0) is 0 Å². The highest BCUT2D eigenvalue weighted by Gasteiger charge is 2.19. The summed E-state index contributed by atoms with van der Waals surface area (Å²) in [5.41, 5.74) is 6.75. The number of fused-ring (bicyclic) bond motifs is 2. The average Bonchev–Trinajstić information content (AvgIpc) is 3.45. The number of nitrogens with zero attached hydrogens (tertiary/aromatic N) is 4. The van der Waals surface area contributed by atoms with E-state index in [1.54, 1.807) is 13.3 Å². The lowest BCUT2D eigenvalue weighted by atomic mass is 10.0. The maximum atomic E-state index is 5.73. The first-order valence-corrected chi connectivity index (χ1v) is 14.1. The third-order valence-electron chi connectivity index (χ3n) is 6.98. The molecule has 7 rings (SSSR count). The van der Waals surface area contributed by atoms with Crippen LogP contribution in [0.3, 0.4) is 0 Å². The number of ether oxygens (including phenoxy) is 3. The van der Waals surface area contributed by atoms with Crippen LogP contribution in [-0.4, -0.2) is 44.9 Å². The van der Waals surface area contributed by atoms with Crippen molar-refractivity contribution < 1.29 is 14.2 Å². The molecule has 212 valence electrons. The van der Waals surface area contributed by atoms with E-state index in [4.69, 9.17) is 36.5 Å². The monoisotopic (exact) mass is 586 g/mol. The van der Waals surface area contributed by atoms with Crippen molar-refractivity contribution in [1.82, 2.24) is 19.6 Å². The Labute approximate surface area is 253 Å². The van der Waals surface area contributed by atoms with E-state index in [-0.39, 0.29) is 0 Å². The van der Waals surface area contributed by atoms with Gasteiger partial charge in [0, 0.05) is 41.0 Å². The van der Waals surface area contributed by atoms with Gasteiger partial charge < -0.3 is 24.8 Å². The summed E-state index contributed by atoms with van der Waals surface area (Å²) in [6.45, 7) is 1.06. The van der Waals surface area contributed by atoms with Crippen LogP contribution in [0.25, 0.3) is 28.0 Å². The zero-order chi connectivity index (χ0) is 29.2. The van der Waals surface area contributed by atoms with Crippen molar-refractivity contribution in [3.63, 3.8) is 0 Å². The van der Waals surface area contributed by atoms with Crippen molar-refractivity contribution in [3.05, 3.63) is 109 Å². The molecule has 0 bridgehead atoms. The molecular formula is C33H26N6O3S. The van der Waals surface area contributed by atoms with Crippen LogP contribution in [0.1, 0.15) is 5.56 Å². The third-order valence-corrected chi connectivity index (χ3v) is 7.31. The van der Waals surface area contributed by atoms with Crippen LogP contribution < -0.4 is 24.8 Å². The summed E-state index contributed by atoms with van der Waals surface area (Å²) in [7, 11) is 1.64. The summed E-state index contributed by atoms with van der Waals surface area (Å²) in [5, 5.41) is 11.6. The summed E-state index contributed by atoms with van der Waals surface area (Å²) >= 11 is 5.70. The Morgan fingerprint density at radius 1 is 0.884 bits per heavy atom. The van der Waals surface area contributed by atoms with E-state index in [2.05, 4.69) is 15.6 Å². The molecule has 0 fully saturated rings. The molecule has 1 aliphatic rings. The molecule has 3 aromatic heterocycles. The van der Waals surface area contributed by atoms with Gasteiger partial charge in [0.15, 0.2) is 11.5 Å². The van der Waals surface area contributed by atoms with E-state index < -0.39 is 0 Å². The van der Waals surface area contributed by atoms with Gasteiger partial charge in [-0.05, 0) is 54.6 Å². The Morgan fingerprint density at radius 2 is 1.77 bits per heavy atom. The first-order valence-electron chi connectivity index (χ1n) is 13.7. The van der Waals surface area contributed by atoms with Gasteiger partial charge in [0.25, 0.3) is 0 Å². The van der Waals surface area contributed by atoms with Gasteiger partial charge in [0.2, 0.25) is 5.95 Å². The number of hydrogen-bond acceptors (Lipinski definition) is 8. The van der Waals surface area contributed by atoms with Crippen LogP contribution in [0, 0.1) is 0 Å². The second-order valence-electron chi connectivity index (χ2n) is 9.77. The molecule has 0 saturated heterocycles. The standard InChI is InChI=1S/C33H26N6O3S/c1-40-25-9-5-7-22(19-25)32(43)35-23-8-4-6-21(18-23)31-30(27-10-2-3-15-39(27)38-31)26-13-14-34-33(37-26)36-24-11-12-28-29(20-24)42-17-16-41-28/h2-15,18-20H,16-17H2,1H3,(H,35,43)(H,34,36,37). The summed E-state index contributed by atoms with van der Waals surface area (Å²) < 4.78 is 18.6. The summed E-state index contributed by atoms with van der Waals surface area (Å²) in [5.74, 6) is 2.62. The number of aromatic nitrogens is 4. The van der Waals surface area contributed by atoms with Crippen molar-refractivity contribution in [2.75, 3.05) is 31.0 Å². The van der Waals surface area contributed by atoms with E-state index in [9.17, 15) is 0 Å². The van der Waals surface area contributed by atoms with Gasteiger partial charge in [-0.1, -0.05) is 42.5 Å². The van der Waals surface area contributed by atoms with E-state index >= 15 is 0 Å². The van der Waals surface area contributed by atoms with E-state index in [1.165, 1.54) is 0 Å². The molecule has 9 nitrogen and oxygen atoms in total. The molecule has 0 radical (unpaired) electrons. The SMILES string of the molecule is COc1cccc(C(=S)Nc2cccc(-c3nn4ccccc4c3-c3ccnc(Nc4ccc5c(c4)OCCO5)n3)c2)c1. The topological polar surface area (TPSA) is 94.8 Å². The largest absolute Gasteiger partial charge is 0.497 e. The van der Waals surface area contributed by atoms with Crippen LogP contribution >= 0.6 is 12.2 Å². The highest BCUT2D eigenvalue weighted by Crippen LogP contribution is 2.36. The predicted molar refractivity (Wildman–Crippen MR) is 171 cm³/mol. The van der Waals surface area contributed by atoms with Gasteiger partial charge in [-0.15, -0.1) is 0 Å². The Morgan fingerprint density at radius 3 is 2.67 bits per heavy atom. The Kier molecular flexibility index (Phi) is 7.02. The second-order valence-corrected chi connectivity index (χ2v) is 10.2.